The molecule has 1 saturated heterocycles. The van der Waals surface area contributed by atoms with Crippen LogP contribution >= 0.6 is 0 Å². The highest BCUT2D eigenvalue weighted by atomic mass is 16.3. The molecule has 1 aliphatic rings. The van der Waals surface area contributed by atoms with Gasteiger partial charge in [0.15, 0.2) is 0 Å². The van der Waals surface area contributed by atoms with Gasteiger partial charge in [0.1, 0.15) is 0 Å². The van der Waals surface area contributed by atoms with Crippen molar-refractivity contribution in [2.75, 3.05) is 39.8 Å². The largest absolute Gasteiger partial charge is 0.396 e. The highest BCUT2D eigenvalue weighted by molar-refractivity contribution is 4.73. The Morgan fingerprint density at radius 1 is 1.40 bits per heavy atom. The van der Waals surface area contributed by atoms with Crippen molar-refractivity contribution in [3.63, 3.8) is 0 Å². The summed E-state index contributed by atoms with van der Waals surface area (Å²) in [5.74, 6) is 1.34. The van der Waals surface area contributed by atoms with Gasteiger partial charge in [-0.05, 0) is 57.8 Å². The van der Waals surface area contributed by atoms with Crippen molar-refractivity contribution in [3.8, 4) is 0 Å². The molecule has 15 heavy (non-hydrogen) atoms. The van der Waals surface area contributed by atoms with Crippen LogP contribution in [0.3, 0.4) is 0 Å². The van der Waals surface area contributed by atoms with E-state index in [0.29, 0.717) is 12.5 Å². The second kappa shape index (κ2) is 7.20. The maximum Gasteiger partial charge on any atom is 0.0468 e. The Morgan fingerprint density at radius 3 is 2.60 bits per heavy atom. The SMILES string of the molecule is CNCCC1CCN(CC(C)CO)CC1. The molecule has 0 saturated carbocycles. The lowest BCUT2D eigenvalue weighted by Crippen LogP contribution is -2.37. The van der Waals surface area contributed by atoms with Gasteiger partial charge in [-0.25, -0.2) is 0 Å². The minimum Gasteiger partial charge on any atom is -0.396 e. The Morgan fingerprint density at radius 2 is 2.07 bits per heavy atom. The topological polar surface area (TPSA) is 35.5 Å². The fraction of sp³-hybridized carbons (Fsp3) is 1.00. The third kappa shape index (κ3) is 4.96. The standard InChI is InChI=1S/C12H26N2O/c1-11(10-15)9-14-7-4-12(5-8-14)3-6-13-2/h11-13,15H,3-10H2,1-2H3. The van der Waals surface area contributed by atoms with Gasteiger partial charge in [-0.2, -0.15) is 0 Å². The van der Waals surface area contributed by atoms with Crippen molar-refractivity contribution in [2.45, 2.75) is 26.2 Å². The van der Waals surface area contributed by atoms with E-state index in [4.69, 9.17) is 5.11 Å². The first-order valence-electron chi connectivity index (χ1n) is 6.24. The maximum atomic E-state index is 9.00. The van der Waals surface area contributed by atoms with Gasteiger partial charge in [-0.15, -0.1) is 0 Å². The number of hydrogen-bond acceptors (Lipinski definition) is 3. The van der Waals surface area contributed by atoms with Crippen LogP contribution in [0.15, 0.2) is 0 Å². The molecule has 1 rings (SSSR count). The van der Waals surface area contributed by atoms with E-state index in [-0.39, 0.29) is 0 Å². The van der Waals surface area contributed by atoms with Crippen LogP contribution in [0.2, 0.25) is 0 Å². The number of likely N-dealkylation sites (tertiary alicyclic amines) is 1. The summed E-state index contributed by atoms with van der Waals surface area (Å²) < 4.78 is 0. The van der Waals surface area contributed by atoms with Gasteiger partial charge in [-0.1, -0.05) is 6.92 Å². The van der Waals surface area contributed by atoms with Crippen LogP contribution in [0.25, 0.3) is 0 Å². The number of nitrogens with zero attached hydrogens (tertiary/aromatic N) is 1. The predicted octanol–water partition coefficient (Wildman–Crippen LogP) is 0.936. The molecule has 0 radical (unpaired) electrons. The Labute approximate surface area is 93.9 Å². The first-order valence-corrected chi connectivity index (χ1v) is 6.24. The Bertz CT molecular complexity index is 156. The van der Waals surface area contributed by atoms with Crippen molar-refractivity contribution >= 4 is 0 Å². The van der Waals surface area contributed by atoms with Crippen molar-refractivity contribution in [2.24, 2.45) is 11.8 Å². The van der Waals surface area contributed by atoms with Gasteiger partial charge in [0.2, 0.25) is 0 Å². The lowest BCUT2D eigenvalue weighted by Gasteiger charge is -2.33. The molecule has 0 aromatic heterocycles. The third-order valence-electron chi connectivity index (χ3n) is 3.39. The second-order valence-electron chi connectivity index (χ2n) is 4.92. The summed E-state index contributed by atoms with van der Waals surface area (Å²) in [5, 5.41) is 12.2. The summed E-state index contributed by atoms with van der Waals surface area (Å²) in [7, 11) is 2.03. The van der Waals surface area contributed by atoms with E-state index >= 15 is 0 Å². The molecule has 1 heterocycles. The number of aliphatic hydroxyl groups excluding tert-OH is 1. The second-order valence-corrected chi connectivity index (χ2v) is 4.92. The van der Waals surface area contributed by atoms with E-state index < -0.39 is 0 Å². The normalized spacial score (nSPS) is 21.8. The molecule has 1 aliphatic heterocycles. The zero-order chi connectivity index (χ0) is 11.1. The van der Waals surface area contributed by atoms with Crippen LogP contribution < -0.4 is 5.32 Å². The van der Waals surface area contributed by atoms with Gasteiger partial charge in [-0.3, -0.25) is 0 Å². The summed E-state index contributed by atoms with van der Waals surface area (Å²) in [4.78, 5) is 2.50. The lowest BCUT2D eigenvalue weighted by atomic mass is 9.93. The van der Waals surface area contributed by atoms with Gasteiger partial charge >= 0.3 is 0 Å². The number of piperidine rings is 1. The van der Waals surface area contributed by atoms with Crippen LogP contribution in [0, 0.1) is 11.8 Å². The minimum atomic E-state index is 0.319. The summed E-state index contributed by atoms with van der Waals surface area (Å²) in [6.07, 6.45) is 3.99. The van der Waals surface area contributed by atoms with Crippen LogP contribution in [0.1, 0.15) is 26.2 Å². The first kappa shape index (κ1) is 12.9. The molecule has 0 bridgehead atoms. The Kier molecular flexibility index (Phi) is 6.22. The molecule has 1 unspecified atom stereocenters. The molecule has 3 nitrogen and oxygen atoms in total. The monoisotopic (exact) mass is 214 g/mol. The van der Waals surface area contributed by atoms with E-state index in [9.17, 15) is 0 Å². The quantitative estimate of drug-likeness (QED) is 0.690. The van der Waals surface area contributed by atoms with E-state index in [1.54, 1.807) is 0 Å². The van der Waals surface area contributed by atoms with Crippen LogP contribution in [0.5, 0.6) is 0 Å². The predicted molar refractivity (Wildman–Crippen MR) is 64.0 cm³/mol. The van der Waals surface area contributed by atoms with Crippen LogP contribution in [0.4, 0.5) is 0 Å². The summed E-state index contributed by atoms with van der Waals surface area (Å²) in [5.41, 5.74) is 0. The molecule has 2 N–H and O–H groups in total. The fourth-order valence-corrected chi connectivity index (χ4v) is 2.30. The molecular formula is C12H26N2O. The molecule has 0 aromatic carbocycles. The van der Waals surface area contributed by atoms with Gasteiger partial charge in [0.25, 0.3) is 0 Å². The summed E-state index contributed by atoms with van der Waals surface area (Å²) in [6.45, 7) is 7.09. The highest BCUT2D eigenvalue weighted by Gasteiger charge is 2.19. The van der Waals surface area contributed by atoms with E-state index in [0.717, 1.165) is 19.0 Å². The summed E-state index contributed by atoms with van der Waals surface area (Å²) in [6, 6.07) is 0. The molecular weight excluding hydrogens is 188 g/mol. The van der Waals surface area contributed by atoms with Gasteiger partial charge in [0.05, 0.1) is 0 Å². The zero-order valence-corrected chi connectivity index (χ0v) is 10.2. The maximum absolute atomic E-state index is 9.00. The number of aliphatic hydroxyl groups is 1. The molecule has 0 amide bonds. The van der Waals surface area contributed by atoms with Crippen LogP contribution in [-0.4, -0.2) is 49.8 Å². The molecule has 3 heteroatoms. The van der Waals surface area contributed by atoms with Crippen molar-refractivity contribution in [1.82, 2.24) is 10.2 Å². The fourth-order valence-electron chi connectivity index (χ4n) is 2.30. The average Bonchev–Trinajstić information content (AvgIpc) is 2.28. The smallest absolute Gasteiger partial charge is 0.0468 e. The average molecular weight is 214 g/mol. The first-order chi connectivity index (χ1) is 7.26. The molecule has 0 spiro atoms. The van der Waals surface area contributed by atoms with Crippen LogP contribution in [-0.2, 0) is 0 Å². The van der Waals surface area contributed by atoms with Crippen molar-refractivity contribution < 1.29 is 5.11 Å². The lowest BCUT2D eigenvalue weighted by molar-refractivity contribution is 0.133. The van der Waals surface area contributed by atoms with Crippen molar-refractivity contribution in [3.05, 3.63) is 0 Å². The van der Waals surface area contributed by atoms with E-state index in [1.807, 2.05) is 7.05 Å². The van der Waals surface area contributed by atoms with Gasteiger partial charge < -0.3 is 15.3 Å². The van der Waals surface area contributed by atoms with Gasteiger partial charge in [0, 0.05) is 13.2 Å². The zero-order valence-electron chi connectivity index (χ0n) is 10.2. The number of rotatable bonds is 6. The number of nitrogens with one attached hydrogen (secondary N) is 1. The molecule has 90 valence electrons. The Hall–Kier alpha value is -0.120. The van der Waals surface area contributed by atoms with E-state index in [1.165, 1.54) is 32.4 Å². The Balaban J connectivity index is 2.12. The summed E-state index contributed by atoms with van der Waals surface area (Å²) >= 11 is 0. The van der Waals surface area contributed by atoms with Crippen molar-refractivity contribution in [1.29, 1.82) is 0 Å². The molecule has 0 aliphatic carbocycles. The third-order valence-corrected chi connectivity index (χ3v) is 3.39. The molecule has 1 atom stereocenters. The minimum absolute atomic E-state index is 0.319. The highest BCUT2D eigenvalue weighted by Crippen LogP contribution is 2.20. The molecule has 1 fully saturated rings. The van der Waals surface area contributed by atoms with E-state index in [2.05, 4.69) is 17.1 Å². The molecule has 0 aromatic rings. The number of hydrogen-bond donors (Lipinski definition) is 2.